The topological polar surface area (TPSA) is 0 Å². The van der Waals surface area contributed by atoms with Crippen LogP contribution >= 0.6 is 0 Å². The van der Waals surface area contributed by atoms with Crippen LogP contribution in [0.2, 0.25) is 0 Å². The monoisotopic (exact) mass is 326 g/mol. The minimum Gasteiger partial charge on any atom is -0.0998 e. The summed E-state index contributed by atoms with van der Waals surface area (Å²) in [5.41, 5.74) is 4.40. The molecule has 0 aromatic carbocycles. The average Bonchev–Trinajstić information content (AvgIpc) is 2.86. The van der Waals surface area contributed by atoms with Crippen molar-refractivity contribution in [3.05, 3.63) is 23.8 Å². The second-order valence-electron chi connectivity index (χ2n) is 10.2. The van der Waals surface area contributed by atoms with E-state index in [4.69, 9.17) is 0 Å². The molecule has 0 saturated heterocycles. The van der Waals surface area contributed by atoms with E-state index in [1.807, 2.05) is 5.57 Å². The highest BCUT2D eigenvalue weighted by atomic mass is 14.6. The van der Waals surface area contributed by atoms with Gasteiger partial charge in [-0.2, -0.15) is 0 Å². The molecule has 7 unspecified atom stereocenters. The maximum absolute atomic E-state index is 4.44. The molecule has 0 radical (unpaired) electrons. The summed E-state index contributed by atoms with van der Waals surface area (Å²) in [4.78, 5) is 0. The van der Waals surface area contributed by atoms with Gasteiger partial charge in [0.2, 0.25) is 0 Å². The Hall–Kier alpha value is -0.520. The lowest BCUT2D eigenvalue weighted by atomic mass is 9.47. The molecule has 3 fully saturated rings. The molecule has 0 nitrogen and oxygen atoms in total. The van der Waals surface area contributed by atoms with Crippen molar-refractivity contribution in [3.8, 4) is 0 Å². The van der Waals surface area contributed by atoms with E-state index in [1.165, 1.54) is 63.4 Å². The Kier molecular flexibility index (Phi) is 4.05. The number of rotatable bonds is 2. The highest BCUT2D eigenvalue weighted by Crippen LogP contribution is 2.68. The van der Waals surface area contributed by atoms with E-state index < -0.39 is 0 Å². The summed E-state index contributed by atoms with van der Waals surface area (Å²) in [6.07, 6.45) is 15.6. The standard InChI is InChI=1S/C24H38/c1-6-17-15-21-19-11-10-18-9-7-8-13-23(18,4)20(19)12-14-24(21,5)22(17)16(2)3/h10,17,19-22H,2,6-9,11-15H2,1,3-5H3. The van der Waals surface area contributed by atoms with Gasteiger partial charge in [0, 0.05) is 0 Å². The Morgan fingerprint density at radius 3 is 2.71 bits per heavy atom. The van der Waals surface area contributed by atoms with Gasteiger partial charge in [0.25, 0.3) is 0 Å². The molecule has 0 aromatic rings. The lowest BCUT2D eigenvalue weighted by molar-refractivity contribution is -0.0364. The van der Waals surface area contributed by atoms with E-state index in [2.05, 4.69) is 40.3 Å². The van der Waals surface area contributed by atoms with Gasteiger partial charge in [-0.1, -0.05) is 57.4 Å². The first-order valence-corrected chi connectivity index (χ1v) is 10.8. The van der Waals surface area contributed by atoms with Crippen molar-refractivity contribution < 1.29 is 0 Å². The molecule has 0 heterocycles. The van der Waals surface area contributed by atoms with E-state index in [1.54, 1.807) is 0 Å². The molecule has 0 N–H and O–H groups in total. The summed E-state index contributed by atoms with van der Waals surface area (Å²) in [5, 5.41) is 0. The van der Waals surface area contributed by atoms with E-state index in [0.717, 1.165) is 29.6 Å². The highest BCUT2D eigenvalue weighted by Gasteiger charge is 2.60. The second-order valence-corrected chi connectivity index (χ2v) is 10.2. The minimum atomic E-state index is 0.532. The normalized spacial score (nSPS) is 50.5. The van der Waals surface area contributed by atoms with Crippen LogP contribution in [0.4, 0.5) is 0 Å². The molecule has 24 heavy (non-hydrogen) atoms. The predicted molar refractivity (Wildman–Crippen MR) is 104 cm³/mol. The van der Waals surface area contributed by atoms with Crippen LogP contribution in [0.5, 0.6) is 0 Å². The molecule has 0 aliphatic heterocycles. The molecule has 0 spiro atoms. The first kappa shape index (κ1) is 16.9. The summed E-state index contributed by atoms with van der Waals surface area (Å²) >= 11 is 0. The molecule has 4 rings (SSSR count). The van der Waals surface area contributed by atoms with Crippen LogP contribution < -0.4 is 0 Å². The first-order chi connectivity index (χ1) is 11.4. The molecular formula is C24H38. The van der Waals surface area contributed by atoms with E-state index in [-0.39, 0.29) is 0 Å². The van der Waals surface area contributed by atoms with E-state index >= 15 is 0 Å². The van der Waals surface area contributed by atoms with Gasteiger partial charge >= 0.3 is 0 Å². The Morgan fingerprint density at radius 2 is 2.00 bits per heavy atom. The molecular weight excluding hydrogens is 288 g/mol. The van der Waals surface area contributed by atoms with Crippen LogP contribution in [-0.2, 0) is 0 Å². The van der Waals surface area contributed by atoms with E-state index in [0.29, 0.717) is 10.8 Å². The molecule has 0 amide bonds. The Balaban J connectivity index is 1.70. The molecule has 0 heteroatoms. The Labute approximate surface area is 150 Å². The van der Waals surface area contributed by atoms with Crippen LogP contribution in [0, 0.1) is 40.4 Å². The summed E-state index contributed by atoms with van der Waals surface area (Å²) in [5.74, 6) is 4.53. The molecule has 134 valence electrons. The maximum Gasteiger partial charge on any atom is -0.00853 e. The van der Waals surface area contributed by atoms with Crippen molar-refractivity contribution in [2.24, 2.45) is 40.4 Å². The summed E-state index contributed by atoms with van der Waals surface area (Å²) in [7, 11) is 0. The third kappa shape index (κ3) is 2.17. The van der Waals surface area contributed by atoms with E-state index in [9.17, 15) is 0 Å². The van der Waals surface area contributed by atoms with Gasteiger partial charge in [-0.05, 0) is 92.3 Å². The first-order valence-electron chi connectivity index (χ1n) is 10.8. The van der Waals surface area contributed by atoms with Crippen molar-refractivity contribution in [1.29, 1.82) is 0 Å². The van der Waals surface area contributed by atoms with Gasteiger partial charge in [0.1, 0.15) is 0 Å². The van der Waals surface area contributed by atoms with Crippen LogP contribution in [0.15, 0.2) is 23.8 Å². The Bertz CT molecular complexity index is 554. The quantitative estimate of drug-likeness (QED) is 0.472. The predicted octanol–water partition coefficient (Wildman–Crippen LogP) is 7.17. The second kappa shape index (κ2) is 5.75. The lowest BCUT2D eigenvalue weighted by Gasteiger charge is -2.57. The SMILES string of the molecule is C=C(C)C1C(CC)CC2C3CC=C4CCCCC4(C)C3CCC21C. The largest absolute Gasteiger partial charge is 0.0998 e. The highest BCUT2D eigenvalue weighted by molar-refractivity contribution is 5.25. The molecule has 0 aromatic heterocycles. The van der Waals surface area contributed by atoms with Gasteiger partial charge in [0.15, 0.2) is 0 Å². The van der Waals surface area contributed by atoms with Gasteiger partial charge in [-0.15, -0.1) is 0 Å². The number of hydrogen-bond donors (Lipinski definition) is 0. The zero-order valence-electron chi connectivity index (χ0n) is 16.5. The number of hydrogen-bond acceptors (Lipinski definition) is 0. The summed E-state index contributed by atoms with van der Waals surface area (Å²) in [6.45, 7) is 14.5. The van der Waals surface area contributed by atoms with Crippen molar-refractivity contribution in [3.63, 3.8) is 0 Å². The number of allylic oxidation sites excluding steroid dienone is 3. The average molecular weight is 327 g/mol. The molecule has 3 saturated carbocycles. The van der Waals surface area contributed by atoms with Gasteiger partial charge < -0.3 is 0 Å². The molecule has 7 atom stereocenters. The summed E-state index contributed by atoms with van der Waals surface area (Å²) in [6, 6.07) is 0. The fourth-order valence-electron chi connectivity index (χ4n) is 8.24. The van der Waals surface area contributed by atoms with Crippen molar-refractivity contribution in [2.45, 2.75) is 85.5 Å². The van der Waals surface area contributed by atoms with Crippen molar-refractivity contribution in [2.75, 3.05) is 0 Å². The number of fused-ring (bicyclic) bond motifs is 5. The zero-order valence-corrected chi connectivity index (χ0v) is 16.5. The maximum atomic E-state index is 4.44. The Morgan fingerprint density at radius 1 is 1.21 bits per heavy atom. The van der Waals surface area contributed by atoms with Crippen LogP contribution in [0.1, 0.15) is 85.5 Å². The van der Waals surface area contributed by atoms with Crippen LogP contribution in [0.25, 0.3) is 0 Å². The van der Waals surface area contributed by atoms with Crippen LogP contribution in [0.3, 0.4) is 0 Å². The van der Waals surface area contributed by atoms with Crippen molar-refractivity contribution in [1.82, 2.24) is 0 Å². The molecule has 0 bridgehead atoms. The smallest absolute Gasteiger partial charge is 0.00853 e. The zero-order chi connectivity index (χ0) is 17.1. The fraction of sp³-hybridized carbons (Fsp3) is 0.833. The van der Waals surface area contributed by atoms with Gasteiger partial charge in [-0.25, -0.2) is 0 Å². The van der Waals surface area contributed by atoms with Crippen molar-refractivity contribution >= 4 is 0 Å². The van der Waals surface area contributed by atoms with Gasteiger partial charge in [-0.3, -0.25) is 0 Å². The minimum absolute atomic E-state index is 0.532. The summed E-state index contributed by atoms with van der Waals surface area (Å²) < 4.78 is 0. The molecule has 4 aliphatic carbocycles. The van der Waals surface area contributed by atoms with Crippen LogP contribution in [-0.4, -0.2) is 0 Å². The lowest BCUT2D eigenvalue weighted by Crippen LogP contribution is -2.49. The fourth-order valence-corrected chi connectivity index (χ4v) is 8.24. The third-order valence-corrected chi connectivity index (χ3v) is 9.25. The third-order valence-electron chi connectivity index (χ3n) is 9.25. The molecule has 4 aliphatic rings. The van der Waals surface area contributed by atoms with Gasteiger partial charge in [0.05, 0.1) is 0 Å².